The van der Waals surface area contributed by atoms with Crippen molar-refractivity contribution in [2.75, 3.05) is 18.1 Å². The molecule has 0 aliphatic carbocycles. The number of ether oxygens (including phenoxy) is 2. The van der Waals surface area contributed by atoms with Gasteiger partial charge in [0.1, 0.15) is 11.3 Å². The molecule has 212 valence electrons. The number of carbonyl (C=O) groups is 3. The lowest BCUT2D eigenvalue weighted by atomic mass is 9.96. The van der Waals surface area contributed by atoms with E-state index in [1.54, 1.807) is 32.0 Å². The lowest BCUT2D eigenvalue weighted by molar-refractivity contribution is -0.132. The Bertz CT molecular complexity index is 1750. The summed E-state index contributed by atoms with van der Waals surface area (Å²) < 4.78 is 13.4. The van der Waals surface area contributed by atoms with Crippen LogP contribution in [0.3, 0.4) is 0 Å². The van der Waals surface area contributed by atoms with Crippen molar-refractivity contribution < 1.29 is 29.0 Å². The van der Waals surface area contributed by atoms with Crippen LogP contribution in [0, 0.1) is 20.8 Å². The van der Waals surface area contributed by atoms with Crippen molar-refractivity contribution >= 4 is 45.3 Å². The Balaban J connectivity index is 1.78. The molecule has 11 heteroatoms. The highest BCUT2D eigenvalue weighted by molar-refractivity contribution is 7.18. The van der Waals surface area contributed by atoms with Gasteiger partial charge >= 0.3 is 5.91 Å². The maximum atomic E-state index is 13.7. The molecule has 0 spiro atoms. The second kappa shape index (κ2) is 10.8. The van der Waals surface area contributed by atoms with Crippen LogP contribution in [0.25, 0.3) is 11.4 Å². The zero-order chi connectivity index (χ0) is 29.6. The smallest absolute Gasteiger partial charge is 0.301 e. The number of nitrogens with zero attached hydrogens (tertiary/aromatic N) is 4. The lowest BCUT2D eigenvalue weighted by Gasteiger charge is -2.24. The first-order chi connectivity index (χ1) is 19.6. The molecule has 1 aliphatic rings. The Hall–Kier alpha value is -4.51. The van der Waals surface area contributed by atoms with Gasteiger partial charge in [-0.25, -0.2) is 9.97 Å². The number of imidazole rings is 1. The molecule has 1 N–H and O–H groups in total. The number of rotatable bonds is 8. The number of ketones is 2. The number of fused-ring (bicyclic) bond motifs is 1. The number of hydrogen-bond acceptors (Lipinski definition) is 9. The highest BCUT2D eigenvalue weighted by Gasteiger charge is 2.49. The summed E-state index contributed by atoms with van der Waals surface area (Å²) in [6.45, 7) is 11.2. The summed E-state index contributed by atoms with van der Waals surface area (Å²) in [7, 11) is 0. The van der Waals surface area contributed by atoms with Crippen molar-refractivity contribution in [3.8, 4) is 11.5 Å². The van der Waals surface area contributed by atoms with Gasteiger partial charge in [-0.15, -0.1) is 0 Å². The maximum Gasteiger partial charge on any atom is 0.301 e. The van der Waals surface area contributed by atoms with Gasteiger partial charge in [0, 0.05) is 13.1 Å². The summed E-state index contributed by atoms with van der Waals surface area (Å²) >= 11 is 1.03. The van der Waals surface area contributed by atoms with Crippen LogP contribution in [0.4, 0.5) is 5.13 Å². The van der Waals surface area contributed by atoms with Crippen molar-refractivity contribution in [2.24, 2.45) is 0 Å². The van der Waals surface area contributed by atoms with E-state index >= 15 is 0 Å². The molecule has 5 rings (SSSR count). The Morgan fingerprint density at radius 2 is 1.76 bits per heavy atom. The quantitative estimate of drug-likeness (QED) is 0.129. The van der Waals surface area contributed by atoms with E-state index in [1.165, 1.54) is 11.8 Å². The zero-order valence-electron chi connectivity index (χ0n) is 23.6. The molecular formula is C30H30N4O6S. The molecule has 4 aromatic rings. The fourth-order valence-corrected chi connectivity index (χ4v) is 6.06. The molecule has 41 heavy (non-hydrogen) atoms. The summed E-state index contributed by atoms with van der Waals surface area (Å²) in [5, 5.41) is 11.9. The van der Waals surface area contributed by atoms with Gasteiger partial charge in [0.25, 0.3) is 5.78 Å². The topological polar surface area (TPSA) is 123 Å². The van der Waals surface area contributed by atoms with Crippen molar-refractivity contribution in [2.45, 2.75) is 47.6 Å². The SMILES string of the molecule is CCOc1ccc(C2/C(=C(\O)c3nc4c(C)cccn4c3C)C(=O)C(=O)N2c2nc(C)c(C(C)=O)s2)cc1OCC. The number of aromatic nitrogens is 3. The number of anilines is 1. The van der Waals surface area contributed by atoms with Gasteiger partial charge in [0.2, 0.25) is 0 Å². The van der Waals surface area contributed by atoms with E-state index < -0.39 is 23.5 Å². The average molecular weight is 575 g/mol. The molecule has 0 bridgehead atoms. The number of pyridine rings is 1. The Morgan fingerprint density at radius 1 is 1.05 bits per heavy atom. The summed E-state index contributed by atoms with van der Waals surface area (Å²) in [5.41, 5.74) is 3.12. The maximum absolute atomic E-state index is 13.7. The van der Waals surface area contributed by atoms with Crippen LogP contribution in [-0.2, 0) is 9.59 Å². The van der Waals surface area contributed by atoms with Crippen LogP contribution in [-0.4, -0.2) is 50.2 Å². The molecule has 1 saturated heterocycles. The predicted molar refractivity (Wildman–Crippen MR) is 155 cm³/mol. The summed E-state index contributed by atoms with van der Waals surface area (Å²) in [6.07, 6.45) is 1.82. The number of hydrogen-bond donors (Lipinski definition) is 1. The molecule has 1 fully saturated rings. The number of carbonyl (C=O) groups excluding carboxylic acids is 3. The van der Waals surface area contributed by atoms with Crippen LogP contribution < -0.4 is 14.4 Å². The molecule has 1 aromatic carbocycles. The molecule has 1 atom stereocenters. The van der Waals surface area contributed by atoms with Crippen LogP contribution in [0.2, 0.25) is 0 Å². The fourth-order valence-electron chi connectivity index (χ4n) is 5.07. The minimum atomic E-state index is -1.07. The molecule has 1 aliphatic heterocycles. The number of aliphatic hydroxyl groups is 1. The first-order valence-electron chi connectivity index (χ1n) is 13.2. The van der Waals surface area contributed by atoms with Crippen molar-refractivity contribution in [1.82, 2.24) is 14.4 Å². The Labute approximate surface area is 240 Å². The average Bonchev–Trinajstić information content (AvgIpc) is 3.57. The second-order valence-electron chi connectivity index (χ2n) is 9.64. The van der Waals surface area contributed by atoms with Crippen molar-refractivity contribution in [3.63, 3.8) is 0 Å². The van der Waals surface area contributed by atoms with Crippen LogP contribution in [0.1, 0.15) is 64.7 Å². The minimum absolute atomic E-state index is 0.136. The third-order valence-electron chi connectivity index (χ3n) is 6.95. The largest absolute Gasteiger partial charge is 0.505 e. The highest BCUT2D eigenvalue weighted by atomic mass is 32.1. The van der Waals surface area contributed by atoms with E-state index in [1.807, 2.05) is 43.5 Å². The first-order valence-corrected chi connectivity index (χ1v) is 14.0. The van der Waals surface area contributed by atoms with Gasteiger partial charge in [-0.1, -0.05) is 23.5 Å². The van der Waals surface area contributed by atoms with Gasteiger partial charge in [0.05, 0.1) is 41.1 Å². The van der Waals surface area contributed by atoms with Gasteiger partial charge < -0.3 is 19.0 Å². The van der Waals surface area contributed by atoms with E-state index in [9.17, 15) is 19.5 Å². The molecule has 1 amide bonds. The second-order valence-corrected chi connectivity index (χ2v) is 10.6. The van der Waals surface area contributed by atoms with E-state index in [-0.39, 0.29) is 22.2 Å². The molecule has 4 heterocycles. The number of thiazole rings is 1. The fraction of sp³-hybridized carbons (Fsp3) is 0.300. The minimum Gasteiger partial charge on any atom is -0.505 e. The summed E-state index contributed by atoms with van der Waals surface area (Å²) in [4.78, 5) is 50.3. The Kier molecular flexibility index (Phi) is 7.39. The molecule has 10 nitrogen and oxygen atoms in total. The summed E-state index contributed by atoms with van der Waals surface area (Å²) in [6, 6.07) is 7.82. The van der Waals surface area contributed by atoms with Gasteiger partial charge in [0.15, 0.2) is 28.2 Å². The van der Waals surface area contributed by atoms with Crippen LogP contribution in [0.5, 0.6) is 11.5 Å². The number of Topliss-reactive ketones (excluding diaryl/α,β-unsaturated/α-hetero) is 2. The van der Waals surface area contributed by atoms with E-state index in [0.29, 0.717) is 52.2 Å². The van der Waals surface area contributed by atoms with E-state index in [2.05, 4.69) is 9.97 Å². The van der Waals surface area contributed by atoms with Gasteiger partial charge in [-0.3, -0.25) is 19.3 Å². The highest BCUT2D eigenvalue weighted by Crippen LogP contribution is 2.45. The lowest BCUT2D eigenvalue weighted by Crippen LogP contribution is -2.29. The van der Waals surface area contributed by atoms with Crippen LogP contribution >= 0.6 is 11.3 Å². The molecule has 0 saturated carbocycles. The van der Waals surface area contributed by atoms with E-state index in [4.69, 9.17) is 9.47 Å². The zero-order valence-corrected chi connectivity index (χ0v) is 24.5. The summed E-state index contributed by atoms with van der Waals surface area (Å²) in [5.74, 6) is -1.42. The first kappa shape index (κ1) is 28.0. The monoisotopic (exact) mass is 574 g/mol. The van der Waals surface area contributed by atoms with E-state index in [0.717, 1.165) is 16.9 Å². The standard InChI is InChI=1S/C30H30N4O6S/c1-7-39-20-12-11-19(14-21(20)40-8-2)24-22(25(36)23-17(5)33-13-9-10-15(3)28(33)32-23)26(37)29(38)34(24)30-31-16(4)27(41-30)18(6)35/h9-14,24,36H,7-8H2,1-6H3/b25-22+. The van der Waals surface area contributed by atoms with Gasteiger partial charge in [-0.2, -0.15) is 0 Å². The van der Waals surface area contributed by atoms with Crippen molar-refractivity contribution in [1.29, 1.82) is 0 Å². The normalized spacial score (nSPS) is 16.5. The van der Waals surface area contributed by atoms with Gasteiger partial charge in [-0.05, 0) is 63.9 Å². The number of amides is 1. The molecule has 3 aromatic heterocycles. The molecule has 0 radical (unpaired) electrons. The predicted octanol–water partition coefficient (Wildman–Crippen LogP) is 5.34. The van der Waals surface area contributed by atoms with Crippen LogP contribution in [0.15, 0.2) is 42.1 Å². The third kappa shape index (κ3) is 4.65. The van der Waals surface area contributed by atoms with Crippen molar-refractivity contribution in [3.05, 3.63) is 75.2 Å². The number of aliphatic hydroxyl groups excluding tert-OH is 1. The third-order valence-corrected chi connectivity index (χ3v) is 8.20. The molecular weight excluding hydrogens is 544 g/mol. The number of aryl methyl sites for hydroxylation is 3. The Morgan fingerprint density at radius 3 is 2.39 bits per heavy atom. The number of benzene rings is 1. The molecule has 1 unspecified atom stereocenters.